The molecule has 2 aliphatic rings. The topological polar surface area (TPSA) is 79.7 Å². The van der Waals surface area contributed by atoms with Gasteiger partial charge in [-0.25, -0.2) is 9.07 Å². The van der Waals surface area contributed by atoms with E-state index in [0.717, 1.165) is 38.2 Å². The van der Waals surface area contributed by atoms with Gasteiger partial charge >= 0.3 is 0 Å². The van der Waals surface area contributed by atoms with Gasteiger partial charge in [0.25, 0.3) is 5.56 Å². The molecule has 2 saturated heterocycles. The van der Waals surface area contributed by atoms with Gasteiger partial charge in [-0.3, -0.25) is 14.5 Å². The van der Waals surface area contributed by atoms with Crippen LogP contribution in [0.4, 0.5) is 15.8 Å². The van der Waals surface area contributed by atoms with Gasteiger partial charge in [-0.2, -0.15) is 5.10 Å². The monoisotopic (exact) mass is 415 g/mol. The molecule has 4 rings (SSSR count). The first-order chi connectivity index (χ1) is 14.6. The number of carbonyl (C=O) groups excluding carboxylic acids is 1. The van der Waals surface area contributed by atoms with Crippen LogP contribution in [0, 0.1) is 5.82 Å². The number of likely N-dealkylation sites (tertiary alicyclic amines) is 1. The van der Waals surface area contributed by atoms with Crippen LogP contribution in [0.15, 0.2) is 41.3 Å². The number of nitrogens with zero attached hydrogens (tertiary/aromatic N) is 4. The zero-order chi connectivity index (χ0) is 20.9. The number of anilines is 2. The fraction of sp³-hybridized carbons (Fsp3) is 0.476. The van der Waals surface area contributed by atoms with E-state index < -0.39 is 5.82 Å². The Bertz CT molecular complexity index is 944. The minimum atomic E-state index is -0.392. The van der Waals surface area contributed by atoms with Crippen LogP contribution in [0.1, 0.15) is 18.9 Å². The molecule has 1 atom stereocenters. The zero-order valence-corrected chi connectivity index (χ0v) is 16.8. The first-order valence-electron chi connectivity index (χ1n) is 10.3. The Morgan fingerprint density at radius 3 is 2.83 bits per heavy atom. The number of rotatable bonds is 5. The molecule has 2 aliphatic heterocycles. The molecule has 2 fully saturated rings. The third-order valence-corrected chi connectivity index (χ3v) is 5.49. The molecule has 0 aliphatic carbocycles. The van der Waals surface area contributed by atoms with Gasteiger partial charge < -0.3 is 15.0 Å². The van der Waals surface area contributed by atoms with Crippen molar-refractivity contribution in [1.82, 2.24) is 14.7 Å². The molecule has 1 amide bonds. The largest absolute Gasteiger partial charge is 0.378 e. The second-order valence-corrected chi connectivity index (χ2v) is 7.69. The van der Waals surface area contributed by atoms with Crippen LogP contribution in [-0.2, 0) is 9.53 Å². The predicted molar refractivity (Wildman–Crippen MR) is 111 cm³/mol. The Morgan fingerprint density at radius 1 is 1.23 bits per heavy atom. The molecule has 0 saturated carbocycles. The van der Waals surface area contributed by atoms with Gasteiger partial charge in [-0.05, 0) is 37.6 Å². The lowest BCUT2D eigenvalue weighted by atomic mass is 10.1. The molecule has 2 aromatic rings. The molecule has 1 aromatic heterocycles. The second-order valence-electron chi connectivity index (χ2n) is 7.69. The summed E-state index contributed by atoms with van der Waals surface area (Å²) >= 11 is 0. The van der Waals surface area contributed by atoms with E-state index in [1.807, 2.05) is 4.90 Å². The first-order valence-corrected chi connectivity index (χ1v) is 10.3. The molecule has 0 unspecified atom stereocenters. The van der Waals surface area contributed by atoms with Crippen molar-refractivity contribution in [2.24, 2.45) is 0 Å². The number of nitrogens with one attached hydrogen (secondary N) is 1. The molecule has 160 valence electrons. The van der Waals surface area contributed by atoms with Crippen LogP contribution in [0.25, 0.3) is 0 Å². The Hall–Kier alpha value is -2.78. The molecule has 1 aromatic carbocycles. The van der Waals surface area contributed by atoms with E-state index in [2.05, 4.69) is 15.3 Å². The van der Waals surface area contributed by atoms with E-state index in [-0.39, 0.29) is 24.1 Å². The molecular formula is C21H26FN5O3. The fourth-order valence-corrected chi connectivity index (χ4v) is 4.02. The average Bonchev–Trinajstić information content (AvgIpc) is 2.74. The predicted octanol–water partition coefficient (Wildman–Crippen LogP) is 1.49. The van der Waals surface area contributed by atoms with Crippen LogP contribution in [0.5, 0.6) is 0 Å². The maximum Gasteiger partial charge on any atom is 0.269 e. The second kappa shape index (κ2) is 9.36. The van der Waals surface area contributed by atoms with E-state index in [4.69, 9.17) is 4.74 Å². The Balaban J connectivity index is 1.37. The van der Waals surface area contributed by atoms with Crippen LogP contribution < -0.4 is 15.8 Å². The summed E-state index contributed by atoms with van der Waals surface area (Å²) in [6, 6.07) is 7.39. The number of halogens is 1. The van der Waals surface area contributed by atoms with Gasteiger partial charge in [-0.1, -0.05) is 6.07 Å². The van der Waals surface area contributed by atoms with Crippen LogP contribution in [-0.4, -0.2) is 66.5 Å². The summed E-state index contributed by atoms with van der Waals surface area (Å²) in [4.78, 5) is 29.1. The van der Waals surface area contributed by atoms with Gasteiger partial charge in [0.2, 0.25) is 5.91 Å². The third kappa shape index (κ3) is 5.03. The summed E-state index contributed by atoms with van der Waals surface area (Å²) in [7, 11) is 0. The number of benzene rings is 1. The standard InChI is InChI=1S/C21H26FN5O3/c22-16-3-1-4-17(11-16)24-20(28)15-25-6-2-5-18(14-25)27-21(29)12-19(13-23-27)26-7-9-30-10-8-26/h1,3-4,11-13,18H,2,5-10,14-15H2,(H,24,28)/t18-/m0/s1. The number of carbonyl (C=O) groups is 1. The first kappa shape index (κ1) is 20.5. The van der Waals surface area contributed by atoms with Gasteiger partial charge in [0, 0.05) is 31.4 Å². The lowest BCUT2D eigenvalue weighted by Gasteiger charge is -2.33. The molecule has 9 heteroatoms. The van der Waals surface area contributed by atoms with E-state index in [0.29, 0.717) is 25.4 Å². The highest BCUT2D eigenvalue weighted by Crippen LogP contribution is 2.20. The van der Waals surface area contributed by atoms with E-state index in [9.17, 15) is 14.0 Å². The van der Waals surface area contributed by atoms with Crippen molar-refractivity contribution in [2.45, 2.75) is 18.9 Å². The molecule has 8 nitrogen and oxygen atoms in total. The molecule has 0 radical (unpaired) electrons. The quantitative estimate of drug-likeness (QED) is 0.797. The maximum atomic E-state index is 13.3. The number of amides is 1. The molecular weight excluding hydrogens is 389 g/mol. The molecule has 30 heavy (non-hydrogen) atoms. The summed E-state index contributed by atoms with van der Waals surface area (Å²) in [5, 5.41) is 7.14. The SMILES string of the molecule is O=C(CN1CCC[C@H](n2ncc(N3CCOCC3)cc2=O)C1)Nc1cccc(F)c1. The lowest BCUT2D eigenvalue weighted by Crippen LogP contribution is -2.44. The smallest absolute Gasteiger partial charge is 0.269 e. The minimum absolute atomic E-state index is 0.0769. The van der Waals surface area contributed by atoms with Crippen molar-refractivity contribution in [3.8, 4) is 0 Å². The van der Waals surface area contributed by atoms with Gasteiger partial charge in [0.05, 0.1) is 37.7 Å². The number of hydrogen-bond donors (Lipinski definition) is 1. The molecule has 1 N–H and O–H groups in total. The van der Waals surface area contributed by atoms with Crippen LogP contribution in [0.3, 0.4) is 0 Å². The van der Waals surface area contributed by atoms with E-state index in [1.54, 1.807) is 24.4 Å². The van der Waals surface area contributed by atoms with E-state index in [1.165, 1.54) is 16.8 Å². The van der Waals surface area contributed by atoms with Gasteiger partial charge in [0.15, 0.2) is 0 Å². The van der Waals surface area contributed by atoms with Crippen molar-refractivity contribution >= 4 is 17.3 Å². The summed E-state index contributed by atoms with van der Waals surface area (Å²) in [6.07, 6.45) is 3.45. The van der Waals surface area contributed by atoms with Crippen molar-refractivity contribution in [3.05, 3.63) is 52.7 Å². The third-order valence-electron chi connectivity index (χ3n) is 5.49. The summed E-state index contributed by atoms with van der Waals surface area (Å²) in [5.41, 5.74) is 1.13. The highest BCUT2D eigenvalue weighted by Gasteiger charge is 2.25. The van der Waals surface area contributed by atoms with Crippen molar-refractivity contribution in [2.75, 3.05) is 56.2 Å². The normalized spacial score (nSPS) is 20.2. The Morgan fingerprint density at radius 2 is 2.07 bits per heavy atom. The number of aromatic nitrogens is 2. The van der Waals surface area contributed by atoms with Crippen molar-refractivity contribution < 1.29 is 13.9 Å². The molecule has 3 heterocycles. The van der Waals surface area contributed by atoms with E-state index >= 15 is 0 Å². The number of hydrogen-bond acceptors (Lipinski definition) is 6. The van der Waals surface area contributed by atoms with Crippen molar-refractivity contribution in [1.29, 1.82) is 0 Å². The Labute approximate surface area is 174 Å². The van der Waals surface area contributed by atoms with Crippen molar-refractivity contribution in [3.63, 3.8) is 0 Å². The highest BCUT2D eigenvalue weighted by atomic mass is 19.1. The highest BCUT2D eigenvalue weighted by molar-refractivity contribution is 5.92. The number of piperidine rings is 1. The van der Waals surface area contributed by atoms with Crippen LogP contribution >= 0.6 is 0 Å². The Kier molecular flexibility index (Phi) is 6.39. The van der Waals surface area contributed by atoms with Gasteiger partial charge in [0.1, 0.15) is 5.82 Å². The maximum absolute atomic E-state index is 13.3. The molecule has 0 bridgehead atoms. The summed E-state index contributed by atoms with van der Waals surface area (Å²) < 4.78 is 20.2. The fourth-order valence-electron chi connectivity index (χ4n) is 4.02. The zero-order valence-electron chi connectivity index (χ0n) is 16.8. The average molecular weight is 415 g/mol. The van der Waals surface area contributed by atoms with Gasteiger partial charge in [-0.15, -0.1) is 0 Å². The molecule has 0 spiro atoms. The number of morpholine rings is 1. The number of ether oxygens (including phenoxy) is 1. The lowest BCUT2D eigenvalue weighted by molar-refractivity contribution is -0.117. The van der Waals surface area contributed by atoms with Crippen LogP contribution in [0.2, 0.25) is 0 Å². The minimum Gasteiger partial charge on any atom is -0.378 e. The summed E-state index contributed by atoms with van der Waals surface area (Å²) in [6.45, 7) is 4.34. The summed E-state index contributed by atoms with van der Waals surface area (Å²) in [5.74, 6) is -0.596.